The lowest BCUT2D eigenvalue weighted by Crippen LogP contribution is -2.06. The van der Waals surface area contributed by atoms with Gasteiger partial charge in [0.2, 0.25) is 0 Å². The molecule has 136 valence electrons. The highest BCUT2D eigenvalue weighted by Gasteiger charge is 2.17. The van der Waals surface area contributed by atoms with E-state index in [1.54, 1.807) is 22.7 Å². The van der Waals surface area contributed by atoms with Crippen LogP contribution in [0.3, 0.4) is 0 Å². The van der Waals surface area contributed by atoms with Crippen molar-refractivity contribution >= 4 is 54.5 Å². The second-order valence-electron chi connectivity index (χ2n) is 6.42. The number of thiazole rings is 2. The van der Waals surface area contributed by atoms with Crippen molar-refractivity contribution < 1.29 is 0 Å². The molecule has 5 aromatic rings. The second kappa shape index (κ2) is 7.14. The van der Waals surface area contributed by atoms with Crippen LogP contribution in [0.5, 0.6) is 0 Å². The van der Waals surface area contributed by atoms with Gasteiger partial charge in [-0.15, -0.1) is 22.7 Å². The number of hydrogen-bond acceptors (Lipinski definition) is 6. The largest absolute Gasteiger partial charge is 0.278 e. The Bertz CT molecular complexity index is 1170. The van der Waals surface area contributed by atoms with Crippen LogP contribution in [-0.4, -0.2) is 15.7 Å². The summed E-state index contributed by atoms with van der Waals surface area (Å²) in [7, 11) is 0. The van der Waals surface area contributed by atoms with Gasteiger partial charge >= 0.3 is 0 Å². The number of benzene rings is 3. The third-order valence-electron chi connectivity index (χ3n) is 4.31. The van der Waals surface area contributed by atoms with Gasteiger partial charge in [-0.1, -0.05) is 36.4 Å². The quantitative estimate of drug-likeness (QED) is 0.294. The van der Waals surface area contributed by atoms with Crippen molar-refractivity contribution in [3.63, 3.8) is 0 Å². The Labute approximate surface area is 170 Å². The van der Waals surface area contributed by atoms with E-state index in [2.05, 4.69) is 36.6 Å². The maximum atomic E-state index is 4.80. The van der Waals surface area contributed by atoms with Gasteiger partial charge in [0.05, 0.1) is 26.1 Å². The molecular weight excluding hydrogens is 384 g/mol. The molecular formula is C22H16N4S2. The first-order valence-corrected chi connectivity index (χ1v) is 10.5. The van der Waals surface area contributed by atoms with Gasteiger partial charge in [-0.3, -0.25) is 5.43 Å². The fourth-order valence-corrected chi connectivity index (χ4v) is 4.95. The van der Waals surface area contributed by atoms with Gasteiger partial charge < -0.3 is 0 Å². The summed E-state index contributed by atoms with van der Waals surface area (Å²) in [6.07, 6.45) is 0. The molecule has 0 aliphatic rings. The Morgan fingerprint density at radius 1 is 0.786 bits per heavy atom. The molecule has 2 heterocycles. The number of hydrogen-bond donors (Lipinski definition) is 1. The van der Waals surface area contributed by atoms with Crippen molar-refractivity contribution in [1.29, 1.82) is 0 Å². The summed E-state index contributed by atoms with van der Waals surface area (Å²) in [6.45, 7) is 2.07. The van der Waals surface area contributed by atoms with E-state index in [9.17, 15) is 0 Å². The van der Waals surface area contributed by atoms with Crippen molar-refractivity contribution in [1.82, 2.24) is 9.97 Å². The van der Waals surface area contributed by atoms with Crippen molar-refractivity contribution in [3.05, 3.63) is 88.4 Å². The molecule has 0 aliphatic carbocycles. The van der Waals surface area contributed by atoms with Crippen LogP contribution in [0.1, 0.15) is 15.6 Å². The van der Waals surface area contributed by atoms with Gasteiger partial charge in [-0.2, -0.15) is 5.10 Å². The standard InChI is InChI=1S/C22H16N4S2/c1-14-7-6-8-15(13-14)25-26-20(21-23-16-9-2-4-11-18(16)27-21)22-24-17-10-3-5-12-19(17)28-22/h2-13,25H,1H3. The zero-order valence-corrected chi connectivity index (χ0v) is 16.7. The number of nitrogens with one attached hydrogen (secondary N) is 1. The topological polar surface area (TPSA) is 50.2 Å². The first-order chi connectivity index (χ1) is 13.8. The molecule has 0 amide bonds. The van der Waals surface area contributed by atoms with Crippen molar-refractivity contribution in [2.24, 2.45) is 5.10 Å². The fourth-order valence-electron chi connectivity index (χ4n) is 2.97. The Morgan fingerprint density at radius 3 is 1.96 bits per heavy atom. The molecule has 0 saturated carbocycles. The predicted molar refractivity (Wildman–Crippen MR) is 120 cm³/mol. The first kappa shape index (κ1) is 17.0. The van der Waals surface area contributed by atoms with E-state index >= 15 is 0 Å². The number of nitrogens with zero attached hydrogens (tertiary/aromatic N) is 3. The third-order valence-corrected chi connectivity index (χ3v) is 6.39. The van der Waals surface area contributed by atoms with Gasteiger partial charge in [-0.25, -0.2) is 9.97 Å². The maximum absolute atomic E-state index is 4.80. The average molecular weight is 401 g/mol. The lowest BCUT2D eigenvalue weighted by Gasteiger charge is -2.04. The summed E-state index contributed by atoms with van der Waals surface area (Å²) in [5.41, 5.74) is 8.04. The van der Waals surface area contributed by atoms with Crippen molar-refractivity contribution in [2.75, 3.05) is 5.43 Å². The number of aromatic nitrogens is 2. The monoisotopic (exact) mass is 400 g/mol. The van der Waals surface area contributed by atoms with E-state index in [1.807, 2.05) is 48.5 Å². The fraction of sp³-hybridized carbons (Fsp3) is 0.0455. The van der Waals surface area contributed by atoms with Crippen molar-refractivity contribution in [2.45, 2.75) is 6.92 Å². The van der Waals surface area contributed by atoms with E-state index in [1.165, 1.54) is 5.56 Å². The second-order valence-corrected chi connectivity index (χ2v) is 8.48. The molecule has 6 heteroatoms. The summed E-state index contributed by atoms with van der Waals surface area (Å²) in [4.78, 5) is 9.61. The van der Waals surface area contributed by atoms with E-state index in [-0.39, 0.29) is 0 Å². The molecule has 0 bridgehead atoms. The van der Waals surface area contributed by atoms with Gasteiger partial charge in [0.25, 0.3) is 0 Å². The Kier molecular flexibility index (Phi) is 4.35. The smallest absolute Gasteiger partial charge is 0.155 e. The lowest BCUT2D eigenvalue weighted by molar-refractivity contribution is 1.29. The number of hydrazone groups is 1. The maximum Gasteiger partial charge on any atom is 0.155 e. The minimum absolute atomic E-state index is 0.768. The van der Waals surface area contributed by atoms with Gasteiger partial charge in [-0.05, 0) is 48.9 Å². The predicted octanol–water partition coefficient (Wildman–Crippen LogP) is 6.08. The lowest BCUT2D eigenvalue weighted by atomic mass is 10.2. The highest BCUT2D eigenvalue weighted by molar-refractivity contribution is 7.23. The number of para-hydroxylation sites is 2. The van der Waals surface area contributed by atoms with Gasteiger partial charge in [0.1, 0.15) is 10.0 Å². The highest BCUT2D eigenvalue weighted by Crippen LogP contribution is 2.28. The number of rotatable bonds is 4. The number of fused-ring (bicyclic) bond motifs is 2. The van der Waals surface area contributed by atoms with Crippen molar-refractivity contribution in [3.8, 4) is 0 Å². The van der Waals surface area contributed by atoms with E-state index in [4.69, 9.17) is 15.1 Å². The molecule has 2 aromatic heterocycles. The van der Waals surface area contributed by atoms with Gasteiger partial charge in [0.15, 0.2) is 5.71 Å². The molecule has 0 aliphatic heterocycles. The van der Waals surface area contributed by atoms with Crippen LogP contribution in [0, 0.1) is 6.92 Å². The molecule has 0 spiro atoms. The number of anilines is 1. The average Bonchev–Trinajstić information content (AvgIpc) is 3.32. The van der Waals surface area contributed by atoms with Gasteiger partial charge in [0, 0.05) is 0 Å². The highest BCUT2D eigenvalue weighted by atomic mass is 32.1. The van der Waals surface area contributed by atoms with Crippen LogP contribution >= 0.6 is 22.7 Å². The van der Waals surface area contributed by atoms with Crippen LogP contribution in [0.15, 0.2) is 77.9 Å². The molecule has 1 N–H and O–H groups in total. The van der Waals surface area contributed by atoms with Crippen LogP contribution in [0.4, 0.5) is 5.69 Å². The summed E-state index contributed by atoms with van der Waals surface area (Å²) in [5, 5.41) is 6.45. The Balaban J connectivity index is 1.63. The molecule has 0 unspecified atom stereocenters. The first-order valence-electron chi connectivity index (χ1n) is 8.88. The van der Waals surface area contributed by atoms with Crippen LogP contribution in [0.25, 0.3) is 20.4 Å². The Morgan fingerprint density at radius 2 is 1.39 bits per heavy atom. The summed E-state index contributed by atoms with van der Waals surface area (Å²) in [6, 6.07) is 24.4. The van der Waals surface area contributed by atoms with Crippen LogP contribution < -0.4 is 5.43 Å². The molecule has 3 aromatic carbocycles. The summed E-state index contributed by atoms with van der Waals surface area (Å²) in [5.74, 6) is 0. The molecule has 5 rings (SSSR count). The molecule has 0 fully saturated rings. The summed E-state index contributed by atoms with van der Waals surface area (Å²) >= 11 is 3.27. The molecule has 0 saturated heterocycles. The van der Waals surface area contributed by atoms with Crippen LogP contribution in [0.2, 0.25) is 0 Å². The molecule has 4 nitrogen and oxygen atoms in total. The van der Waals surface area contributed by atoms with E-state index in [0.29, 0.717) is 0 Å². The van der Waals surface area contributed by atoms with E-state index in [0.717, 1.165) is 41.8 Å². The molecule has 0 radical (unpaired) electrons. The number of aryl methyl sites for hydroxylation is 1. The summed E-state index contributed by atoms with van der Waals surface area (Å²) < 4.78 is 2.28. The molecule has 0 atom stereocenters. The zero-order valence-electron chi connectivity index (χ0n) is 15.1. The molecule has 28 heavy (non-hydrogen) atoms. The van der Waals surface area contributed by atoms with Crippen LogP contribution in [-0.2, 0) is 0 Å². The minimum Gasteiger partial charge on any atom is -0.278 e. The third kappa shape index (κ3) is 3.28. The minimum atomic E-state index is 0.768. The zero-order chi connectivity index (χ0) is 18.9. The SMILES string of the molecule is Cc1cccc(NN=C(c2nc3ccccc3s2)c2nc3ccccc3s2)c1. The Hall–Kier alpha value is -3.09. The van der Waals surface area contributed by atoms with E-state index < -0.39 is 0 Å². The normalized spacial score (nSPS) is 11.0.